The van der Waals surface area contributed by atoms with Gasteiger partial charge in [0.25, 0.3) is 0 Å². The minimum absolute atomic E-state index is 0.0237. The molecule has 0 saturated carbocycles. The third kappa shape index (κ3) is 2.82. The van der Waals surface area contributed by atoms with Crippen molar-refractivity contribution in [3.8, 4) is 17.6 Å². The predicted octanol–water partition coefficient (Wildman–Crippen LogP) is 4.98. The van der Waals surface area contributed by atoms with Gasteiger partial charge < -0.3 is 14.5 Å². The number of aromatic nitrogens is 1. The zero-order valence-electron chi connectivity index (χ0n) is 13.1. The van der Waals surface area contributed by atoms with Crippen LogP contribution in [0.4, 0.5) is 4.39 Å². The molecule has 4 nitrogen and oxygen atoms in total. The van der Waals surface area contributed by atoms with Gasteiger partial charge in [-0.25, -0.2) is 4.39 Å². The Morgan fingerprint density at radius 3 is 2.92 bits per heavy atom. The molecule has 0 bridgehead atoms. The van der Waals surface area contributed by atoms with E-state index in [1.54, 1.807) is 30.5 Å². The van der Waals surface area contributed by atoms with Gasteiger partial charge in [0.2, 0.25) is 0 Å². The fourth-order valence-electron chi connectivity index (χ4n) is 2.52. The summed E-state index contributed by atoms with van der Waals surface area (Å²) in [5.74, 6) is 0.181. The fourth-order valence-corrected chi connectivity index (χ4v) is 2.52. The molecule has 0 amide bonds. The average molecular weight is 322 g/mol. The zero-order valence-corrected chi connectivity index (χ0v) is 13.1. The van der Waals surface area contributed by atoms with Crippen LogP contribution in [0.2, 0.25) is 0 Å². The standard InChI is InChI=1S/C19H15FN2O2/c1-3-23-12(2)18-15-7-8-22-17(15)10-16(20)19(18)24-14-6-4-5-13(9-14)11-21/h4-10,22H,2-3H2,1H3. The van der Waals surface area contributed by atoms with Crippen molar-refractivity contribution in [3.05, 3.63) is 66.1 Å². The van der Waals surface area contributed by atoms with E-state index in [1.165, 1.54) is 6.07 Å². The molecular weight excluding hydrogens is 307 g/mol. The largest absolute Gasteiger partial charge is 0.494 e. The number of H-pyrrole nitrogens is 1. The maximum absolute atomic E-state index is 14.6. The SMILES string of the molecule is C=C(OCC)c1c(Oc2cccc(C#N)c2)c(F)cc2[nH]ccc12. The molecule has 120 valence electrons. The maximum Gasteiger partial charge on any atom is 0.174 e. The molecule has 0 fully saturated rings. The van der Waals surface area contributed by atoms with E-state index in [4.69, 9.17) is 14.7 Å². The van der Waals surface area contributed by atoms with Gasteiger partial charge >= 0.3 is 0 Å². The third-order valence-corrected chi connectivity index (χ3v) is 3.54. The van der Waals surface area contributed by atoms with Crippen molar-refractivity contribution < 1.29 is 13.9 Å². The summed E-state index contributed by atoms with van der Waals surface area (Å²) >= 11 is 0. The second-order valence-corrected chi connectivity index (χ2v) is 5.10. The first kappa shape index (κ1) is 15.6. The Hall–Kier alpha value is -3.26. The van der Waals surface area contributed by atoms with Gasteiger partial charge in [-0.1, -0.05) is 12.6 Å². The van der Waals surface area contributed by atoms with Crippen LogP contribution in [0.1, 0.15) is 18.1 Å². The van der Waals surface area contributed by atoms with Crippen LogP contribution in [0.15, 0.2) is 49.2 Å². The van der Waals surface area contributed by atoms with E-state index >= 15 is 0 Å². The Balaban J connectivity index is 2.15. The lowest BCUT2D eigenvalue weighted by molar-refractivity contribution is 0.297. The van der Waals surface area contributed by atoms with Gasteiger partial charge in [0, 0.05) is 23.2 Å². The molecule has 1 aromatic heterocycles. The molecule has 0 atom stereocenters. The van der Waals surface area contributed by atoms with Crippen molar-refractivity contribution in [2.75, 3.05) is 6.61 Å². The number of nitrogens with zero attached hydrogens (tertiary/aromatic N) is 1. The number of hydrogen-bond donors (Lipinski definition) is 1. The highest BCUT2D eigenvalue weighted by atomic mass is 19.1. The van der Waals surface area contributed by atoms with Crippen LogP contribution in [-0.2, 0) is 4.74 Å². The van der Waals surface area contributed by atoms with Gasteiger partial charge in [-0.2, -0.15) is 5.26 Å². The normalized spacial score (nSPS) is 10.4. The van der Waals surface area contributed by atoms with Gasteiger partial charge in [0.05, 0.1) is 23.8 Å². The number of aromatic amines is 1. The molecule has 3 rings (SSSR count). The summed E-state index contributed by atoms with van der Waals surface area (Å²) in [5, 5.41) is 9.74. The molecule has 0 unspecified atom stereocenters. The van der Waals surface area contributed by atoms with Gasteiger partial charge in [-0.15, -0.1) is 0 Å². The molecule has 0 spiro atoms. The van der Waals surface area contributed by atoms with Crippen molar-refractivity contribution in [1.29, 1.82) is 5.26 Å². The Morgan fingerprint density at radius 1 is 1.33 bits per heavy atom. The van der Waals surface area contributed by atoms with Crippen molar-refractivity contribution in [2.45, 2.75) is 6.92 Å². The molecule has 0 aliphatic rings. The van der Waals surface area contributed by atoms with E-state index in [2.05, 4.69) is 11.6 Å². The van der Waals surface area contributed by atoms with Gasteiger partial charge in [-0.3, -0.25) is 0 Å². The molecular formula is C19H15FN2O2. The molecule has 24 heavy (non-hydrogen) atoms. The van der Waals surface area contributed by atoms with Gasteiger partial charge in [0.15, 0.2) is 11.6 Å². The number of nitriles is 1. The highest BCUT2D eigenvalue weighted by molar-refractivity contribution is 5.93. The number of rotatable bonds is 5. The quantitative estimate of drug-likeness (QED) is 0.674. The second kappa shape index (κ2) is 6.47. The molecule has 2 aromatic carbocycles. The number of hydrogen-bond acceptors (Lipinski definition) is 3. The smallest absolute Gasteiger partial charge is 0.174 e. The van der Waals surface area contributed by atoms with Crippen LogP contribution in [0.25, 0.3) is 16.7 Å². The van der Waals surface area contributed by atoms with Crippen LogP contribution >= 0.6 is 0 Å². The maximum atomic E-state index is 14.6. The summed E-state index contributed by atoms with van der Waals surface area (Å²) in [6, 6.07) is 11.7. The van der Waals surface area contributed by atoms with E-state index in [-0.39, 0.29) is 5.75 Å². The molecule has 0 radical (unpaired) electrons. The van der Waals surface area contributed by atoms with Crippen molar-refractivity contribution >= 4 is 16.7 Å². The highest BCUT2D eigenvalue weighted by Gasteiger charge is 2.20. The first-order valence-electron chi connectivity index (χ1n) is 7.43. The van der Waals surface area contributed by atoms with Crippen LogP contribution in [-0.4, -0.2) is 11.6 Å². The molecule has 3 aromatic rings. The predicted molar refractivity (Wildman–Crippen MR) is 90.1 cm³/mol. The lowest BCUT2D eigenvalue weighted by Gasteiger charge is -2.15. The lowest BCUT2D eigenvalue weighted by Crippen LogP contribution is -1.98. The number of halogens is 1. The molecule has 5 heteroatoms. The second-order valence-electron chi connectivity index (χ2n) is 5.10. The first-order valence-corrected chi connectivity index (χ1v) is 7.43. The Bertz CT molecular complexity index is 954. The summed E-state index contributed by atoms with van der Waals surface area (Å²) in [4.78, 5) is 2.97. The van der Waals surface area contributed by atoms with Crippen LogP contribution in [0.5, 0.6) is 11.5 Å². The molecule has 0 saturated heterocycles. The average Bonchev–Trinajstić information content (AvgIpc) is 3.03. The molecule has 0 aliphatic carbocycles. The summed E-state index contributed by atoms with van der Waals surface area (Å²) < 4.78 is 25.8. The van der Waals surface area contributed by atoms with Crippen LogP contribution in [0, 0.1) is 17.1 Å². The topological polar surface area (TPSA) is 58.0 Å². The fraction of sp³-hybridized carbons (Fsp3) is 0.105. The van der Waals surface area contributed by atoms with E-state index in [1.807, 2.05) is 19.1 Å². The first-order chi connectivity index (χ1) is 11.6. The van der Waals surface area contributed by atoms with E-state index < -0.39 is 5.82 Å². The van der Waals surface area contributed by atoms with Crippen molar-refractivity contribution in [2.24, 2.45) is 0 Å². The minimum Gasteiger partial charge on any atom is -0.494 e. The Labute approximate surface area is 138 Å². The summed E-state index contributed by atoms with van der Waals surface area (Å²) in [5.41, 5.74) is 1.51. The number of benzene rings is 2. The summed E-state index contributed by atoms with van der Waals surface area (Å²) in [6.45, 7) is 6.12. The van der Waals surface area contributed by atoms with Gasteiger partial charge in [-0.05, 0) is 31.2 Å². The molecule has 1 heterocycles. The van der Waals surface area contributed by atoms with Crippen molar-refractivity contribution in [3.63, 3.8) is 0 Å². The van der Waals surface area contributed by atoms with Crippen LogP contribution < -0.4 is 4.74 Å². The van der Waals surface area contributed by atoms with Crippen molar-refractivity contribution in [1.82, 2.24) is 4.98 Å². The summed E-state index contributed by atoms with van der Waals surface area (Å²) in [6.07, 6.45) is 1.72. The number of nitrogens with one attached hydrogen (secondary N) is 1. The third-order valence-electron chi connectivity index (χ3n) is 3.54. The Morgan fingerprint density at radius 2 is 2.17 bits per heavy atom. The lowest BCUT2D eigenvalue weighted by atomic mass is 10.1. The van der Waals surface area contributed by atoms with E-state index in [9.17, 15) is 4.39 Å². The minimum atomic E-state index is -0.539. The highest BCUT2D eigenvalue weighted by Crippen LogP contribution is 2.38. The summed E-state index contributed by atoms with van der Waals surface area (Å²) in [7, 11) is 0. The number of fused-ring (bicyclic) bond motifs is 1. The zero-order chi connectivity index (χ0) is 17.1. The number of ether oxygens (including phenoxy) is 2. The van der Waals surface area contributed by atoms with Crippen LogP contribution in [0.3, 0.4) is 0 Å². The monoisotopic (exact) mass is 322 g/mol. The Kier molecular flexibility index (Phi) is 4.21. The van der Waals surface area contributed by atoms with E-state index in [0.717, 1.165) is 5.39 Å². The molecule has 0 aliphatic heterocycles. The molecule has 1 N–H and O–H groups in total. The van der Waals surface area contributed by atoms with E-state index in [0.29, 0.717) is 34.8 Å². The van der Waals surface area contributed by atoms with Gasteiger partial charge in [0.1, 0.15) is 11.5 Å².